The second kappa shape index (κ2) is 6.47. The van der Waals surface area contributed by atoms with E-state index in [0.29, 0.717) is 11.3 Å². The van der Waals surface area contributed by atoms with Crippen LogP contribution in [0.4, 0.5) is 5.69 Å². The van der Waals surface area contributed by atoms with Crippen molar-refractivity contribution < 1.29 is 19.5 Å². The number of hydrogen-bond donors (Lipinski definition) is 2. The number of nitrogens with one attached hydrogen (secondary N) is 1. The summed E-state index contributed by atoms with van der Waals surface area (Å²) < 4.78 is 0. The zero-order valence-corrected chi connectivity index (χ0v) is 14.7. The van der Waals surface area contributed by atoms with Gasteiger partial charge in [-0.1, -0.05) is 23.3 Å². The van der Waals surface area contributed by atoms with Gasteiger partial charge in [0.05, 0.1) is 11.8 Å². The third-order valence-electron chi connectivity index (χ3n) is 5.54. The molecule has 5 heteroatoms. The summed E-state index contributed by atoms with van der Waals surface area (Å²) in [6, 6.07) is 6.75. The first-order valence-electron chi connectivity index (χ1n) is 8.63. The molecule has 0 radical (unpaired) electrons. The fraction of sp³-hybridized carbons (Fsp3) is 0.450. The minimum Gasteiger partial charge on any atom is -0.481 e. The van der Waals surface area contributed by atoms with Crippen LogP contribution >= 0.6 is 0 Å². The number of carboxylic acid groups (broad SMARTS) is 1. The molecule has 1 aromatic rings. The molecule has 2 N–H and O–H groups in total. The summed E-state index contributed by atoms with van der Waals surface area (Å²) in [5, 5.41) is 12.5. The Balaban J connectivity index is 1.88. The number of Topliss-reactive ketones (excluding diaryl/α,β-unsaturated/α-hetero) is 1. The second-order valence-electron chi connectivity index (χ2n) is 7.26. The number of fused-ring (bicyclic) bond motifs is 2. The van der Waals surface area contributed by atoms with E-state index < -0.39 is 17.8 Å². The smallest absolute Gasteiger partial charge is 0.307 e. The van der Waals surface area contributed by atoms with Gasteiger partial charge in [-0.05, 0) is 57.6 Å². The molecular formula is C20H23NO4. The summed E-state index contributed by atoms with van der Waals surface area (Å²) in [5.74, 6) is -2.49. The van der Waals surface area contributed by atoms with Gasteiger partial charge in [0.25, 0.3) is 0 Å². The van der Waals surface area contributed by atoms with Gasteiger partial charge in [0.1, 0.15) is 0 Å². The molecule has 4 atom stereocenters. The van der Waals surface area contributed by atoms with Crippen molar-refractivity contribution in [3.8, 4) is 0 Å². The van der Waals surface area contributed by atoms with Gasteiger partial charge in [0, 0.05) is 11.3 Å². The summed E-state index contributed by atoms with van der Waals surface area (Å²) in [7, 11) is 0. The predicted molar refractivity (Wildman–Crippen MR) is 94.3 cm³/mol. The minimum atomic E-state index is -0.899. The summed E-state index contributed by atoms with van der Waals surface area (Å²) in [4.78, 5) is 36.2. The van der Waals surface area contributed by atoms with Crippen LogP contribution in [0.1, 0.15) is 44.0 Å². The van der Waals surface area contributed by atoms with E-state index in [1.54, 1.807) is 24.3 Å². The molecule has 132 valence electrons. The van der Waals surface area contributed by atoms with Crippen LogP contribution in [-0.2, 0) is 9.59 Å². The molecule has 25 heavy (non-hydrogen) atoms. The van der Waals surface area contributed by atoms with Crippen LogP contribution in [0.25, 0.3) is 0 Å². The number of allylic oxidation sites excluding steroid dienone is 2. The van der Waals surface area contributed by atoms with Crippen molar-refractivity contribution in [2.24, 2.45) is 23.7 Å². The molecule has 0 aliphatic heterocycles. The zero-order chi connectivity index (χ0) is 18.3. The highest BCUT2D eigenvalue weighted by Gasteiger charge is 2.57. The lowest BCUT2D eigenvalue weighted by atomic mass is 9.78. The van der Waals surface area contributed by atoms with Gasteiger partial charge in [-0.2, -0.15) is 0 Å². The van der Waals surface area contributed by atoms with E-state index in [9.17, 15) is 19.5 Å². The molecule has 0 unspecified atom stereocenters. The Hall–Kier alpha value is -2.43. The van der Waals surface area contributed by atoms with Crippen molar-refractivity contribution in [1.82, 2.24) is 0 Å². The maximum atomic E-state index is 12.9. The Labute approximate surface area is 147 Å². The lowest BCUT2D eigenvalue weighted by Gasteiger charge is -2.26. The Kier molecular flexibility index (Phi) is 4.50. The molecule has 0 spiro atoms. The van der Waals surface area contributed by atoms with Crippen molar-refractivity contribution in [2.75, 3.05) is 5.32 Å². The second-order valence-corrected chi connectivity index (χ2v) is 7.26. The van der Waals surface area contributed by atoms with Gasteiger partial charge in [-0.3, -0.25) is 14.4 Å². The number of carbonyl (C=O) groups is 3. The van der Waals surface area contributed by atoms with E-state index in [1.807, 2.05) is 13.8 Å². The summed E-state index contributed by atoms with van der Waals surface area (Å²) in [6.07, 6.45) is 1.70. The Morgan fingerprint density at radius 3 is 2.24 bits per heavy atom. The van der Waals surface area contributed by atoms with E-state index in [1.165, 1.54) is 6.92 Å². The van der Waals surface area contributed by atoms with Crippen molar-refractivity contribution in [1.29, 1.82) is 0 Å². The molecule has 0 saturated heterocycles. The highest BCUT2D eigenvalue weighted by atomic mass is 16.4. The molecule has 0 aromatic heterocycles. The first-order valence-corrected chi connectivity index (χ1v) is 8.63. The van der Waals surface area contributed by atoms with Crippen molar-refractivity contribution in [3.05, 3.63) is 41.0 Å². The predicted octanol–water partition coefficient (Wildman–Crippen LogP) is 3.52. The largest absolute Gasteiger partial charge is 0.481 e. The SMILES string of the molecule is CC(=O)c1cccc(NC(=O)[C@@H]2[C@@H](C(=O)O)[C@H]3CC[C@@H]2C3=C(C)C)c1. The van der Waals surface area contributed by atoms with Crippen LogP contribution in [0.2, 0.25) is 0 Å². The molecule has 0 heterocycles. The van der Waals surface area contributed by atoms with Crippen LogP contribution in [-0.4, -0.2) is 22.8 Å². The average Bonchev–Trinajstić information content (AvgIpc) is 3.11. The molecule has 1 amide bonds. The quantitative estimate of drug-likeness (QED) is 0.648. The fourth-order valence-corrected chi connectivity index (χ4v) is 4.65. The van der Waals surface area contributed by atoms with Gasteiger partial charge >= 0.3 is 5.97 Å². The van der Waals surface area contributed by atoms with Gasteiger partial charge in [-0.25, -0.2) is 0 Å². The number of anilines is 1. The highest BCUT2D eigenvalue weighted by molar-refractivity contribution is 5.99. The van der Waals surface area contributed by atoms with Crippen molar-refractivity contribution >= 4 is 23.3 Å². The summed E-state index contributed by atoms with van der Waals surface area (Å²) >= 11 is 0. The number of hydrogen-bond acceptors (Lipinski definition) is 3. The van der Waals surface area contributed by atoms with E-state index in [-0.39, 0.29) is 23.5 Å². The monoisotopic (exact) mass is 341 g/mol. The van der Waals surface area contributed by atoms with Crippen molar-refractivity contribution in [3.63, 3.8) is 0 Å². The maximum Gasteiger partial charge on any atom is 0.307 e. The molecule has 2 saturated carbocycles. The zero-order valence-electron chi connectivity index (χ0n) is 14.7. The van der Waals surface area contributed by atoms with Gasteiger partial charge in [0.15, 0.2) is 5.78 Å². The molecule has 5 nitrogen and oxygen atoms in total. The summed E-state index contributed by atoms with van der Waals surface area (Å²) in [6.45, 7) is 5.46. The molecule has 2 aliphatic carbocycles. The van der Waals surface area contributed by atoms with Crippen LogP contribution in [0.15, 0.2) is 35.4 Å². The topological polar surface area (TPSA) is 83.5 Å². The Morgan fingerprint density at radius 2 is 1.68 bits per heavy atom. The van der Waals surface area contributed by atoms with Crippen LogP contribution in [0.3, 0.4) is 0 Å². The molecule has 2 fully saturated rings. The number of amides is 1. The van der Waals surface area contributed by atoms with E-state index in [2.05, 4.69) is 5.32 Å². The normalized spacial score (nSPS) is 27.2. The maximum absolute atomic E-state index is 12.9. The van der Waals surface area contributed by atoms with Crippen LogP contribution in [0.5, 0.6) is 0 Å². The Morgan fingerprint density at radius 1 is 1.04 bits per heavy atom. The fourth-order valence-electron chi connectivity index (χ4n) is 4.65. The standard InChI is InChI=1S/C20H23NO4/c1-10(2)16-14-7-8-15(16)18(20(24)25)17(14)19(23)21-13-6-4-5-12(9-13)11(3)22/h4-6,9,14-15,17-18H,7-8H2,1-3H3,(H,21,23)(H,24,25)/t14-,15+,17+,18+/m1/s1. The highest BCUT2D eigenvalue weighted by Crippen LogP contribution is 2.57. The molecule has 2 aliphatic rings. The van der Waals surface area contributed by atoms with Crippen molar-refractivity contribution in [2.45, 2.75) is 33.6 Å². The number of carbonyl (C=O) groups excluding carboxylic acids is 2. The number of carboxylic acids is 1. The van der Waals surface area contributed by atoms with Crippen LogP contribution in [0, 0.1) is 23.7 Å². The first-order chi connectivity index (χ1) is 11.8. The molecule has 3 rings (SSSR count). The number of aliphatic carboxylic acids is 1. The number of ketones is 1. The van der Waals surface area contributed by atoms with E-state index >= 15 is 0 Å². The van der Waals surface area contributed by atoms with Gasteiger partial charge in [0.2, 0.25) is 5.91 Å². The van der Waals surface area contributed by atoms with Gasteiger partial charge in [-0.15, -0.1) is 0 Å². The first kappa shape index (κ1) is 17.4. The lowest BCUT2D eigenvalue weighted by molar-refractivity contribution is -0.148. The third kappa shape index (κ3) is 2.99. The molecule has 1 aromatic carbocycles. The van der Waals surface area contributed by atoms with E-state index in [0.717, 1.165) is 24.0 Å². The lowest BCUT2D eigenvalue weighted by Crippen LogP contribution is -2.37. The molecule has 2 bridgehead atoms. The van der Waals surface area contributed by atoms with Crippen LogP contribution < -0.4 is 5.32 Å². The number of rotatable bonds is 4. The minimum absolute atomic E-state index is 0.00656. The number of benzene rings is 1. The van der Waals surface area contributed by atoms with E-state index in [4.69, 9.17) is 0 Å². The van der Waals surface area contributed by atoms with Gasteiger partial charge < -0.3 is 10.4 Å². The third-order valence-corrected chi connectivity index (χ3v) is 5.54. The Bertz CT molecular complexity index is 776. The average molecular weight is 341 g/mol. The molecular weight excluding hydrogens is 318 g/mol. The summed E-state index contributed by atoms with van der Waals surface area (Å²) in [5.41, 5.74) is 3.34.